The van der Waals surface area contributed by atoms with Crippen LogP contribution in [-0.4, -0.2) is 50.4 Å². The third-order valence-electron chi connectivity index (χ3n) is 7.57. The van der Waals surface area contributed by atoms with E-state index in [-0.39, 0.29) is 17.2 Å². The van der Waals surface area contributed by atoms with Gasteiger partial charge in [-0.05, 0) is 67.4 Å². The number of fused-ring (bicyclic) bond motifs is 2. The van der Waals surface area contributed by atoms with Crippen LogP contribution in [0.2, 0.25) is 0 Å². The molecule has 204 valence electrons. The Hall–Kier alpha value is -3.73. The number of aryl methyl sites for hydroxylation is 1. The van der Waals surface area contributed by atoms with E-state index in [2.05, 4.69) is 20.3 Å². The first-order valence-electron chi connectivity index (χ1n) is 13.1. The number of nitrogens with one attached hydrogen (secondary N) is 4. The Morgan fingerprint density at radius 1 is 0.974 bits per heavy atom. The summed E-state index contributed by atoms with van der Waals surface area (Å²) in [6, 6.07) is 16.2. The van der Waals surface area contributed by atoms with Crippen molar-refractivity contribution < 1.29 is 18.0 Å². The molecule has 10 heteroatoms. The van der Waals surface area contributed by atoms with Crippen LogP contribution in [-0.2, 0) is 26.0 Å². The number of para-hydroxylation sites is 1. The lowest BCUT2D eigenvalue weighted by Crippen LogP contribution is -2.57. The Morgan fingerprint density at radius 3 is 2.36 bits per heavy atom. The summed E-state index contributed by atoms with van der Waals surface area (Å²) in [7, 11) is -4.08. The number of nitrogens with two attached hydrogens (primary N) is 1. The van der Waals surface area contributed by atoms with Gasteiger partial charge in [0.15, 0.2) is 0 Å². The molecule has 2 heterocycles. The van der Waals surface area contributed by atoms with E-state index < -0.39 is 33.9 Å². The predicted octanol–water partition coefficient (Wildman–Crippen LogP) is 2.49. The molecule has 4 aromatic rings. The highest BCUT2D eigenvalue weighted by molar-refractivity contribution is 7.89. The first-order valence-corrected chi connectivity index (χ1v) is 14.6. The van der Waals surface area contributed by atoms with Gasteiger partial charge in [0, 0.05) is 28.9 Å². The van der Waals surface area contributed by atoms with Gasteiger partial charge >= 0.3 is 0 Å². The van der Waals surface area contributed by atoms with Gasteiger partial charge in [-0.1, -0.05) is 48.5 Å². The lowest BCUT2D eigenvalue weighted by molar-refractivity contribution is -0.129. The number of piperidine rings is 1. The number of benzene rings is 3. The first-order chi connectivity index (χ1) is 18.7. The SMILES string of the molecule is Cc1ccc(S(=O)(=O)NC(C(=O)NC(Cc2c[nH]c3ccccc23)C(N)=O)C2CCNCC2)c2ccccc12. The van der Waals surface area contributed by atoms with Crippen LogP contribution in [0.15, 0.2) is 71.8 Å². The molecule has 39 heavy (non-hydrogen) atoms. The molecular formula is C29H33N5O4S. The maximum atomic E-state index is 13.7. The molecule has 3 aromatic carbocycles. The van der Waals surface area contributed by atoms with Crippen LogP contribution >= 0.6 is 0 Å². The average Bonchev–Trinajstić information content (AvgIpc) is 3.34. The quantitative estimate of drug-likeness (QED) is 0.219. The third kappa shape index (κ3) is 5.68. The Morgan fingerprint density at radius 2 is 1.64 bits per heavy atom. The van der Waals surface area contributed by atoms with Crippen molar-refractivity contribution in [2.45, 2.75) is 43.2 Å². The molecular weight excluding hydrogens is 514 g/mol. The molecule has 9 nitrogen and oxygen atoms in total. The van der Waals surface area contributed by atoms with E-state index in [9.17, 15) is 18.0 Å². The average molecular weight is 548 g/mol. The summed E-state index contributed by atoms with van der Waals surface area (Å²) in [4.78, 5) is 29.4. The molecule has 1 saturated heterocycles. The van der Waals surface area contributed by atoms with Crippen LogP contribution < -0.4 is 21.1 Å². The minimum atomic E-state index is -4.08. The van der Waals surface area contributed by atoms with E-state index in [1.54, 1.807) is 30.5 Å². The predicted molar refractivity (Wildman–Crippen MR) is 152 cm³/mol. The smallest absolute Gasteiger partial charge is 0.241 e. The molecule has 0 spiro atoms. The number of carbonyl (C=O) groups excluding carboxylic acids is 2. The van der Waals surface area contributed by atoms with Crippen molar-refractivity contribution in [2.24, 2.45) is 11.7 Å². The van der Waals surface area contributed by atoms with Crippen LogP contribution in [0.3, 0.4) is 0 Å². The molecule has 0 aliphatic carbocycles. The van der Waals surface area contributed by atoms with E-state index in [1.807, 2.05) is 43.3 Å². The van der Waals surface area contributed by atoms with Crippen molar-refractivity contribution in [1.82, 2.24) is 20.3 Å². The van der Waals surface area contributed by atoms with E-state index in [4.69, 9.17) is 5.73 Å². The van der Waals surface area contributed by atoms with Gasteiger partial charge in [0.05, 0.1) is 4.90 Å². The molecule has 0 bridgehead atoms. The van der Waals surface area contributed by atoms with E-state index in [0.717, 1.165) is 27.4 Å². The lowest BCUT2D eigenvalue weighted by Gasteiger charge is -2.31. The van der Waals surface area contributed by atoms with Gasteiger partial charge in [0.1, 0.15) is 12.1 Å². The fourth-order valence-electron chi connectivity index (χ4n) is 5.43. The molecule has 1 aliphatic heterocycles. The lowest BCUT2D eigenvalue weighted by atomic mass is 9.90. The summed E-state index contributed by atoms with van der Waals surface area (Å²) < 4.78 is 30.2. The van der Waals surface area contributed by atoms with Gasteiger partial charge in [-0.25, -0.2) is 8.42 Å². The highest BCUT2D eigenvalue weighted by Crippen LogP contribution is 2.27. The second-order valence-corrected chi connectivity index (χ2v) is 11.8. The monoisotopic (exact) mass is 547 g/mol. The molecule has 1 aliphatic rings. The number of sulfonamides is 1. The number of hydrogen-bond donors (Lipinski definition) is 5. The molecule has 0 saturated carbocycles. The van der Waals surface area contributed by atoms with E-state index >= 15 is 0 Å². The number of carbonyl (C=O) groups is 2. The second-order valence-electron chi connectivity index (χ2n) is 10.1. The van der Waals surface area contributed by atoms with Crippen molar-refractivity contribution in [3.8, 4) is 0 Å². The summed E-state index contributed by atoms with van der Waals surface area (Å²) in [5.74, 6) is -1.50. The third-order valence-corrected chi connectivity index (χ3v) is 9.07. The Bertz CT molecular complexity index is 1630. The molecule has 2 unspecified atom stereocenters. The summed E-state index contributed by atoms with van der Waals surface area (Å²) in [5.41, 5.74) is 8.41. The molecule has 1 fully saturated rings. The van der Waals surface area contributed by atoms with Gasteiger partial charge in [-0.3, -0.25) is 9.59 Å². The van der Waals surface area contributed by atoms with Gasteiger partial charge < -0.3 is 21.4 Å². The maximum Gasteiger partial charge on any atom is 0.241 e. The minimum absolute atomic E-state index is 0.112. The zero-order valence-electron chi connectivity index (χ0n) is 21.7. The van der Waals surface area contributed by atoms with Crippen molar-refractivity contribution in [2.75, 3.05) is 13.1 Å². The highest BCUT2D eigenvalue weighted by Gasteiger charge is 2.36. The first kappa shape index (κ1) is 26.9. The van der Waals surface area contributed by atoms with Crippen LogP contribution in [0.4, 0.5) is 0 Å². The zero-order valence-corrected chi connectivity index (χ0v) is 22.6. The fourth-order valence-corrected chi connectivity index (χ4v) is 6.91. The van der Waals surface area contributed by atoms with Crippen molar-refractivity contribution in [1.29, 1.82) is 0 Å². The van der Waals surface area contributed by atoms with Crippen molar-refractivity contribution in [3.63, 3.8) is 0 Å². The van der Waals surface area contributed by atoms with Crippen LogP contribution in [0.5, 0.6) is 0 Å². The van der Waals surface area contributed by atoms with Crippen molar-refractivity contribution in [3.05, 3.63) is 78.0 Å². The number of aromatic nitrogens is 1. The number of aromatic amines is 1. The summed E-state index contributed by atoms with van der Waals surface area (Å²) >= 11 is 0. The Labute approximate surface area is 227 Å². The maximum absolute atomic E-state index is 13.7. The van der Waals surface area contributed by atoms with Crippen LogP contribution in [0, 0.1) is 12.8 Å². The Kier molecular flexibility index (Phi) is 7.69. The standard InChI is InChI=1S/C29H33N5O4S/c1-18-10-11-26(23-8-3-2-6-21(18)23)39(37,38)34-27(19-12-14-31-15-13-19)29(36)33-25(28(30)35)16-20-17-32-24-9-5-4-7-22(20)24/h2-11,17,19,25,27,31-32,34H,12-16H2,1H3,(H2,30,35)(H,33,36). The minimum Gasteiger partial charge on any atom is -0.368 e. The topological polar surface area (TPSA) is 146 Å². The van der Waals surface area contributed by atoms with Crippen LogP contribution in [0.25, 0.3) is 21.7 Å². The summed E-state index contributed by atoms with van der Waals surface area (Å²) in [6.07, 6.45) is 3.19. The molecule has 2 amide bonds. The number of primary amides is 1. The van der Waals surface area contributed by atoms with Gasteiger partial charge in [-0.15, -0.1) is 0 Å². The zero-order chi connectivity index (χ0) is 27.6. The second kappa shape index (κ2) is 11.2. The van der Waals surface area contributed by atoms with Gasteiger partial charge in [-0.2, -0.15) is 4.72 Å². The molecule has 1 aromatic heterocycles. The molecule has 6 N–H and O–H groups in total. The van der Waals surface area contributed by atoms with Gasteiger partial charge in [0.2, 0.25) is 21.8 Å². The van der Waals surface area contributed by atoms with E-state index in [0.29, 0.717) is 31.3 Å². The normalized spacial score (nSPS) is 16.2. The van der Waals surface area contributed by atoms with Gasteiger partial charge in [0.25, 0.3) is 0 Å². The Balaban J connectivity index is 1.43. The summed E-state index contributed by atoms with van der Waals surface area (Å²) in [5, 5.41) is 8.36. The largest absolute Gasteiger partial charge is 0.368 e. The highest BCUT2D eigenvalue weighted by atomic mass is 32.2. The molecule has 2 atom stereocenters. The van der Waals surface area contributed by atoms with Crippen LogP contribution in [0.1, 0.15) is 24.0 Å². The fraction of sp³-hybridized carbons (Fsp3) is 0.310. The molecule has 0 radical (unpaired) electrons. The summed E-state index contributed by atoms with van der Waals surface area (Å²) in [6.45, 7) is 3.26. The van der Waals surface area contributed by atoms with E-state index in [1.165, 1.54) is 0 Å². The number of H-pyrrole nitrogens is 1. The number of hydrogen-bond acceptors (Lipinski definition) is 5. The number of rotatable bonds is 9. The van der Waals surface area contributed by atoms with Crippen molar-refractivity contribution >= 4 is 43.5 Å². The number of amides is 2. The molecule has 5 rings (SSSR count).